The third-order valence-electron chi connectivity index (χ3n) is 4.18. The molecule has 0 aliphatic heterocycles. The molecule has 20 heavy (non-hydrogen) atoms. The first-order valence-corrected chi connectivity index (χ1v) is 7.57. The van der Waals surface area contributed by atoms with Crippen LogP contribution in [0.4, 0.5) is 5.00 Å². The summed E-state index contributed by atoms with van der Waals surface area (Å²) >= 11 is 0.896. The second-order valence-corrected chi connectivity index (χ2v) is 6.42. The van der Waals surface area contributed by atoms with Crippen LogP contribution in [0, 0.1) is 16.0 Å². The van der Waals surface area contributed by atoms with Crippen LogP contribution in [0.25, 0.3) is 0 Å². The normalized spacial score (nSPS) is 26.2. The van der Waals surface area contributed by atoms with Gasteiger partial charge in [-0.05, 0) is 24.8 Å². The Morgan fingerprint density at radius 2 is 2.35 bits per heavy atom. The van der Waals surface area contributed by atoms with Gasteiger partial charge in [-0.15, -0.1) is 0 Å². The summed E-state index contributed by atoms with van der Waals surface area (Å²) in [6.45, 7) is 2.50. The van der Waals surface area contributed by atoms with E-state index in [2.05, 4.69) is 12.2 Å². The standard InChI is InChI=1S/C13H19N3O3S/c1-9-4-2-3-7-13(9,8-14)15-12(17)10-5-6-11(20-10)16(18)19/h5-6,9H,2-4,7-8,14H2,1H3,(H,15,17). The van der Waals surface area contributed by atoms with Crippen molar-refractivity contribution in [2.24, 2.45) is 11.7 Å². The third-order valence-corrected chi connectivity index (χ3v) is 5.21. The lowest BCUT2D eigenvalue weighted by Crippen LogP contribution is -2.59. The number of nitrogens with two attached hydrogens (primary N) is 1. The topological polar surface area (TPSA) is 98.3 Å². The molecule has 1 aromatic rings. The van der Waals surface area contributed by atoms with Crippen molar-refractivity contribution in [2.45, 2.75) is 38.1 Å². The van der Waals surface area contributed by atoms with Gasteiger partial charge in [0.05, 0.1) is 15.3 Å². The van der Waals surface area contributed by atoms with Crippen LogP contribution in [0.1, 0.15) is 42.3 Å². The van der Waals surface area contributed by atoms with E-state index in [9.17, 15) is 14.9 Å². The molecule has 1 aromatic heterocycles. The van der Waals surface area contributed by atoms with Crippen molar-refractivity contribution in [3.63, 3.8) is 0 Å². The van der Waals surface area contributed by atoms with Crippen LogP contribution in [0.3, 0.4) is 0 Å². The van der Waals surface area contributed by atoms with Crippen molar-refractivity contribution in [3.8, 4) is 0 Å². The zero-order valence-corrected chi connectivity index (χ0v) is 12.2. The Labute approximate surface area is 121 Å². The van der Waals surface area contributed by atoms with E-state index in [4.69, 9.17) is 5.73 Å². The summed E-state index contributed by atoms with van der Waals surface area (Å²) < 4.78 is 0. The lowest BCUT2D eigenvalue weighted by atomic mass is 9.73. The number of hydrogen-bond acceptors (Lipinski definition) is 5. The average Bonchev–Trinajstić information content (AvgIpc) is 2.91. The van der Waals surface area contributed by atoms with Gasteiger partial charge in [-0.2, -0.15) is 0 Å². The van der Waals surface area contributed by atoms with Crippen LogP contribution in [0.5, 0.6) is 0 Å². The number of thiophene rings is 1. The molecule has 0 saturated heterocycles. The molecule has 0 aromatic carbocycles. The molecule has 1 fully saturated rings. The monoisotopic (exact) mass is 297 g/mol. The molecule has 6 nitrogen and oxygen atoms in total. The van der Waals surface area contributed by atoms with Gasteiger partial charge < -0.3 is 11.1 Å². The Bertz CT molecular complexity index is 517. The number of carbonyl (C=O) groups excluding carboxylic acids is 1. The molecule has 0 spiro atoms. The van der Waals surface area contributed by atoms with Gasteiger partial charge in [0, 0.05) is 12.6 Å². The van der Waals surface area contributed by atoms with Crippen molar-refractivity contribution in [1.82, 2.24) is 5.32 Å². The second-order valence-electron chi connectivity index (χ2n) is 5.36. The van der Waals surface area contributed by atoms with Crippen molar-refractivity contribution < 1.29 is 9.72 Å². The van der Waals surface area contributed by atoms with E-state index in [-0.39, 0.29) is 16.4 Å². The maximum Gasteiger partial charge on any atom is 0.324 e. The van der Waals surface area contributed by atoms with E-state index in [0.717, 1.165) is 37.0 Å². The number of nitro groups is 1. The Morgan fingerprint density at radius 1 is 1.60 bits per heavy atom. The zero-order valence-electron chi connectivity index (χ0n) is 11.4. The molecule has 2 unspecified atom stereocenters. The maximum absolute atomic E-state index is 12.3. The van der Waals surface area contributed by atoms with E-state index in [1.165, 1.54) is 12.1 Å². The lowest BCUT2D eigenvalue weighted by Gasteiger charge is -2.42. The van der Waals surface area contributed by atoms with Gasteiger partial charge in [0.15, 0.2) is 0 Å². The zero-order chi connectivity index (χ0) is 14.8. The molecule has 1 heterocycles. The number of nitrogens with one attached hydrogen (secondary N) is 1. The highest BCUT2D eigenvalue weighted by Gasteiger charge is 2.38. The van der Waals surface area contributed by atoms with Crippen molar-refractivity contribution in [3.05, 3.63) is 27.1 Å². The molecular formula is C13H19N3O3S. The molecule has 7 heteroatoms. The van der Waals surface area contributed by atoms with E-state index >= 15 is 0 Å². The first-order chi connectivity index (χ1) is 9.48. The van der Waals surface area contributed by atoms with Crippen LogP contribution >= 0.6 is 11.3 Å². The van der Waals surface area contributed by atoms with E-state index < -0.39 is 4.92 Å². The van der Waals surface area contributed by atoms with Gasteiger partial charge in [0.2, 0.25) is 0 Å². The van der Waals surface area contributed by atoms with E-state index in [1.807, 2.05) is 0 Å². The SMILES string of the molecule is CC1CCCCC1(CN)NC(=O)c1ccc([N+](=O)[O-])s1. The molecule has 1 saturated carbocycles. The Kier molecular flexibility index (Phi) is 4.39. The van der Waals surface area contributed by atoms with Crippen molar-refractivity contribution in [1.29, 1.82) is 0 Å². The number of nitrogens with zero attached hydrogens (tertiary/aromatic N) is 1. The van der Waals surface area contributed by atoms with Gasteiger partial charge in [-0.25, -0.2) is 0 Å². The fraction of sp³-hybridized carbons (Fsp3) is 0.615. The van der Waals surface area contributed by atoms with Gasteiger partial charge in [-0.1, -0.05) is 31.1 Å². The molecule has 0 radical (unpaired) electrons. The molecule has 2 rings (SSSR count). The van der Waals surface area contributed by atoms with Crippen LogP contribution in [0.2, 0.25) is 0 Å². The predicted octanol–water partition coefficient (Wildman–Crippen LogP) is 2.29. The molecular weight excluding hydrogens is 278 g/mol. The number of amides is 1. The maximum atomic E-state index is 12.3. The smallest absolute Gasteiger partial charge is 0.324 e. The summed E-state index contributed by atoms with van der Waals surface area (Å²) in [5.74, 6) is 0.0578. The minimum atomic E-state index is -0.483. The highest BCUT2D eigenvalue weighted by atomic mass is 32.1. The van der Waals surface area contributed by atoms with Crippen molar-refractivity contribution in [2.75, 3.05) is 6.54 Å². The first-order valence-electron chi connectivity index (χ1n) is 6.75. The lowest BCUT2D eigenvalue weighted by molar-refractivity contribution is -0.380. The summed E-state index contributed by atoms with van der Waals surface area (Å²) in [5, 5.41) is 13.7. The first kappa shape index (κ1) is 14.9. The Hall–Kier alpha value is -1.47. The van der Waals surface area contributed by atoms with E-state index in [0.29, 0.717) is 17.3 Å². The van der Waals surface area contributed by atoms with Gasteiger partial charge in [-0.3, -0.25) is 14.9 Å². The molecule has 1 amide bonds. The van der Waals surface area contributed by atoms with Crippen molar-refractivity contribution >= 4 is 22.2 Å². The quantitative estimate of drug-likeness (QED) is 0.658. The summed E-state index contributed by atoms with van der Waals surface area (Å²) in [6, 6.07) is 2.86. The Morgan fingerprint density at radius 3 is 2.90 bits per heavy atom. The van der Waals surface area contributed by atoms with Gasteiger partial charge >= 0.3 is 5.00 Å². The number of carbonyl (C=O) groups is 1. The Balaban J connectivity index is 2.14. The molecule has 2 atom stereocenters. The average molecular weight is 297 g/mol. The minimum Gasteiger partial charge on any atom is -0.344 e. The molecule has 0 bridgehead atoms. The summed E-state index contributed by atoms with van der Waals surface area (Å²) in [6.07, 6.45) is 4.11. The highest BCUT2D eigenvalue weighted by Crippen LogP contribution is 2.33. The predicted molar refractivity (Wildman–Crippen MR) is 77.9 cm³/mol. The fourth-order valence-electron chi connectivity index (χ4n) is 2.79. The fourth-order valence-corrected chi connectivity index (χ4v) is 3.50. The second kappa shape index (κ2) is 5.88. The summed E-state index contributed by atoms with van der Waals surface area (Å²) in [7, 11) is 0. The van der Waals surface area contributed by atoms with Crippen LogP contribution < -0.4 is 11.1 Å². The minimum absolute atomic E-state index is 0.0198. The van der Waals surface area contributed by atoms with E-state index in [1.54, 1.807) is 0 Å². The largest absolute Gasteiger partial charge is 0.344 e. The van der Waals surface area contributed by atoms with Gasteiger partial charge in [0.1, 0.15) is 0 Å². The third kappa shape index (κ3) is 2.83. The van der Waals surface area contributed by atoms with Gasteiger partial charge in [0.25, 0.3) is 5.91 Å². The van der Waals surface area contributed by atoms with Crippen LogP contribution in [-0.2, 0) is 0 Å². The molecule has 110 valence electrons. The highest BCUT2D eigenvalue weighted by molar-refractivity contribution is 7.17. The molecule has 1 aliphatic rings. The van der Waals surface area contributed by atoms with Crippen LogP contribution in [0.15, 0.2) is 12.1 Å². The molecule has 1 aliphatic carbocycles. The summed E-state index contributed by atoms with van der Waals surface area (Å²) in [5.41, 5.74) is 5.51. The summed E-state index contributed by atoms with van der Waals surface area (Å²) in [4.78, 5) is 22.8. The molecule has 3 N–H and O–H groups in total. The number of rotatable bonds is 4. The number of hydrogen-bond donors (Lipinski definition) is 2. The van der Waals surface area contributed by atoms with Crippen LogP contribution in [-0.4, -0.2) is 22.9 Å².